The van der Waals surface area contributed by atoms with Crippen molar-refractivity contribution in [1.82, 2.24) is 4.90 Å². The minimum absolute atomic E-state index is 0.443. The van der Waals surface area contributed by atoms with E-state index in [-0.39, 0.29) is 0 Å². The molecule has 0 spiro atoms. The Morgan fingerprint density at radius 2 is 1.42 bits per heavy atom. The van der Waals surface area contributed by atoms with Gasteiger partial charge in [-0.3, -0.25) is 30.3 Å². The van der Waals surface area contributed by atoms with E-state index in [1.807, 2.05) is 0 Å². The lowest BCUT2D eigenvalue weighted by molar-refractivity contribution is -0.854. The highest BCUT2D eigenvalue weighted by Gasteiger charge is 2.30. The summed E-state index contributed by atoms with van der Waals surface area (Å²) >= 11 is 0. The van der Waals surface area contributed by atoms with Crippen molar-refractivity contribution in [1.29, 1.82) is 0 Å². The Hall–Kier alpha value is -2.90. The molecule has 1 aliphatic rings. The topological polar surface area (TPSA) is 180 Å². The number of quaternary nitrogens is 1. The van der Waals surface area contributed by atoms with Gasteiger partial charge in [-0.2, -0.15) is 0 Å². The van der Waals surface area contributed by atoms with Gasteiger partial charge in [-0.1, -0.05) is 0 Å². The number of nitrogens with zero attached hydrogens (tertiary/aromatic N) is 4. The predicted octanol–water partition coefficient (Wildman–Crippen LogP) is 0.210. The van der Waals surface area contributed by atoms with Gasteiger partial charge >= 0.3 is 11.4 Å². The predicted molar refractivity (Wildman–Crippen MR) is 88.8 cm³/mol. The number of nitro groups is 3. The van der Waals surface area contributed by atoms with Gasteiger partial charge in [0.25, 0.3) is 11.4 Å². The number of non-ortho nitro benzene ring substituents is 1. The summed E-state index contributed by atoms with van der Waals surface area (Å²) in [6.45, 7) is 1.59. The lowest BCUT2D eigenvalue weighted by Gasteiger charge is -2.34. The zero-order chi connectivity index (χ0) is 20.0. The molecule has 144 valence electrons. The summed E-state index contributed by atoms with van der Waals surface area (Å²) in [5.74, 6) is -1.21. The maximum Gasteiger partial charge on any atom is 0.324 e. The Morgan fingerprint density at radius 3 is 1.73 bits per heavy atom. The van der Waals surface area contributed by atoms with E-state index in [0.29, 0.717) is 23.2 Å². The van der Waals surface area contributed by atoms with Crippen LogP contribution in [0, 0.1) is 35.6 Å². The van der Waals surface area contributed by atoms with Gasteiger partial charge in [0, 0.05) is 18.9 Å². The maximum absolute atomic E-state index is 10.8. The van der Waals surface area contributed by atoms with E-state index in [0.717, 1.165) is 25.9 Å². The van der Waals surface area contributed by atoms with Crippen molar-refractivity contribution in [2.24, 2.45) is 0 Å². The van der Waals surface area contributed by atoms with Gasteiger partial charge in [0.05, 0.1) is 40.0 Å². The SMILES string of the molecule is CN(C)C1CC[NH+]([O-])CC1.O=[N+]([O-])c1cc([N+](=O)[O-])c(O)c([N+](=O)[O-])c1. The Labute approximate surface area is 147 Å². The van der Waals surface area contributed by atoms with Crippen LogP contribution in [0.5, 0.6) is 5.75 Å². The minimum Gasteiger partial charge on any atom is -0.634 e. The van der Waals surface area contributed by atoms with Crippen LogP contribution in [0.1, 0.15) is 12.8 Å². The molecular weight excluding hydrogens is 354 g/mol. The second-order valence-corrected chi connectivity index (χ2v) is 5.84. The van der Waals surface area contributed by atoms with Crippen LogP contribution < -0.4 is 5.06 Å². The molecule has 1 heterocycles. The number of hydrogen-bond acceptors (Lipinski definition) is 9. The van der Waals surface area contributed by atoms with Gasteiger partial charge in [-0.25, -0.2) is 0 Å². The molecule has 0 bridgehead atoms. The quantitative estimate of drug-likeness (QED) is 0.423. The molecule has 0 aliphatic carbocycles. The summed E-state index contributed by atoms with van der Waals surface area (Å²) in [5, 5.41) is 51.5. The van der Waals surface area contributed by atoms with Crippen LogP contribution in [0.2, 0.25) is 0 Å². The Balaban J connectivity index is 0.000000289. The number of hydroxylamine groups is 2. The molecule has 13 heteroatoms. The highest BCUT2D eigenvalue weighted by molar-refractivity contribution is 5.64. The van der Waals surface area contributed by atoms with Crippen molar-refractivity contribution in [2.45, 2.75) is 18.9 Å². The molecule has 1 saturated heterocycles. The molecule has 0 radical (unpaired) electrons. The molecule has 1 aromatic rings. The third kappa shape index (κ3) is 5.58. The van der Waals surface area contributed by atoms with Crippen LogP contribution in [-0.2, 0) is 0 Å². The molecule has 0 saturated carbocycles. The van der Waals surface area contributed by atoms with Crippen LogP contribution in [0.15, 0.2) is 12.1 Å². The molecular formula is C13H19N5O8. The molecule has 0 amide bonds. The van der Waals surface area contributed by atoms with Gasteiger partial charge in [-0.05, 0) is 14.1 Å². The lowest BCUT2D eigenvalue weighted by Crippen LogP contribution is -3.08. The molecule has 13 nitrogen and oxygen atoms in total. The first-order valence-corrected chi connectivity index (χ1v) is 7.52. The third-order valence-electron chi connectivity index (χ3n) is 3.90. The van der Waals surface area contributed by atoms with Crippen LogP contribution in [0.4, 0.5) is 17.1 Å². The first-order chi connectivity index (χ1) is 12.0. The number of nitro benzene ring substituents is 3. The fourth-order valence-electron chi connectivity index (χ4n) is 2.41. The standard InChI is InChI=1S/C7H16N2O.C6H3N3O7/c1-8(2)7-3-5-9(10)6-4-7;10-6-4(8(13)14)1-3(7(11)12)2-5(6)9(15)16/h7,9H,3-6H2,1-2H3;1-2,10H. The highest BCUT2D eigenvalue weighted by Crippen LogP contribution is 2.38. The summed E-state index contributed by atoms with van der Waals surface area (Å²) in [6, 6.07) is 1.54. The fourth-order valence-corrected chi connectivity index (χ4v) is 2.41. The molecule has 0 unspecified atom stereocenters. The van der Waals surface area contributed by atoms with E-state index in [1.54, 1.807) is 0 Å². The summed E-state index contributed by atoms with van der Waals surface area (Å²) in [4.78, 5) is 30.0. The summed E-state index contributed by atoms with van der Waals surface area (Å²) in [5.41, 5.74) is -3.00. The number of piperidine rings is 1. The maximum atomic E-state index is 10.8. The first-order valence-electron chi connectivity index (χ1n) is 7.52. The van der Waals surface area contributed by atoms with Crippen molar-refractivity contribution in [2.75, 3.05) is 27.2 Å². The van der Waals surface area contributed by atoms with Crippen molar-refractivity contribution in [3.8, 4) is 5.75 Å². The molecule has 0 aromatic heterocycles. The second-order valence-electron chi connectivity index (χ2n) is 5.84. The van der Waals surface area contributed by atoms with Crippen LogP contribution >= 0.6 is 0 Å². The molecule has 1 aromatic carbocycles. The molecule has 26 heavy (non-hydrogen) atoms. The van der Waals surface area contributed by atoms with Crippen molar-refractivity contribution in [3.05, 3.63) is 47.7 Å². The van der Waals surface area contributed by atoms with Gasteiger partial charge in [0.15, 0.2) is 0 Å². The number of nitrogens with one attached hydrogen (secondary N) is 1. The van der Waals surface area contributed by atoms with E-state index in [2.05, 4.69) is 19.0 Å². The van der Waals surface area contributed by atoms with E-state index in [1.165, 1.54) is 0 Å². The average Bonchev–Trinajstić information content (AvgIpc) is 2.55. The Morgan fingerprint density at radius 1 is 1.00 bits per heavy atom. The Kier molecular flexibility index (Phi) is 7.30. The number of phenolic OH excluding ortho intramolecular Hbond substituents is 1. The molecule has 2 N–H and O–H groups in total. The van der Waals surface area contributed by atoms with Crippen molar-refractivity contribution >= 4 is 17.1 Å². The number of aromatic hydroxyl groups is 1. The number of benzene rings is 1. The van der Waals surface area contributed by atoms with Gasteiger partial charge in [-0.15, -0.1) is 0 Å². The van der Waals surface area contributed by atoms with Crippen LogP contribution in [0.3, 0.4) is 0 Å². The van der Waals surface area contributed by atoms with Crippen molar-refractivity contribution < 1.29 is 24.9 Å². The van der Waals surface area contributed by atoms with Crippen LogP contribution in [-0.4, -0.2) is 58.0 Å². The molecule has 2 rings (SSSR count). The molecule has 0 atom stereocenters. The Bertz CT molecular complexity index is 652. The van der Waals surface area contributed by atoms with E-state index < -0.39 is 37.6 Å². The van der Waals surface area contributed by atoms with Crippen molar-refractivity contribution in [3.63, 3.8) is 0 Å². The third-order valence-corrected chi connectivity index (χ3v) is 3.90. The highest BCUT2D eigenvalue weighted by atomic mass is 16.6. The summed E-state index contributed by atoms with van der Waals surface area (Å²) < 4.78 is 0. The van der Waals surface area contributed by atoms with Gasteiger partial charge < -0.3 is 20.3 Å². The van der Waals surface area contributed by atoms with E-state index >= 15 is 0 Å². The largest absolute Gasteiger partial charge is 0.634 e. The lowest BCUT2D eigenvalue weighted by atomic mass is 10.1. The minimum atomic E-state index is -1.21. The zero-order valence-electron chi connectivity index (χ0n) is 14.2. The number of hydrogen-bond donors (Lipinski definition) is 2. The monoisotopic (exact) mass is 373 g/mol. The molecule has 1 aliphatic heterocycles. The summed E-state index contributed by atoms with van der Waals surface area (Å²) in [6.07, 6.45) is 2.12. The first kappa shape index (κ1) is 21.1. The number of rotatable bonds is 4. The zero-order valence-corrected chi connectivity index (χ0v) is 14.2. The smallest absolute Gasteiger partial charge is 0.324 e. The fraction of sp³-hybridized carbons (Fsp3) is 0.538. The van der Waals surface area contributed by atoms with E-state index in [9.17, 15) is 35.6 Å². The van der Waals surface area contributed by atoms with Gasteiger partial charge in [0.1, 0.15) is 0 Å². The average molecular weight is 373 g/mol. The summed E-state index contributed by atoms with van der Waals surface area (Å²) in [7, 11) is 4.17. The second kappa shape index (κ2) is 8.98. The normalized spacial score (nSPS) is 19.4. The van der Waals surface area contributed by atoms with E-state index in [4.69, 9.17) is 5.11 Å². The molecule has 1 fully saturated rings. The number of phenols is 1. The van der Waals surface area contributed by atoms with Crippen LogP contribution in [0.25, 0.3) is 0 Å². The van der Waals surface area contributed by atoms with Gasteiger partial charge in [0.2, 0.25) is 0 Å².